The number of anilines is 1. The first-order valence-corrected chi connectivity index (χ1v) is 7.89. The van der Waals surface area contributed by atoms with Crippen molar-refractivity contribution in [1.82, 2.24) is 5.32 Å². The highest BCUT2D eigenvalue weighted by atomic mass is 35.5. The van der Waals surface area contributed by atoms with Crippen molar-refractivity contribution in [2.24, 2.45) is 0 Å². The van der Waals surface area contributed by atoms with Crippen LogP contribution in [0.2, 0.25) is 10.0 Å². The normalized spacial score (nSPS) is 18.5. The first-order chi connectivity index (χ1) is 10.0. The highest BCUT2D eigenvalue weighted by Gasteiger charge is 2.24. The van der Waals surface area contributed by atoms with Crippen LogP contribution < -0.4 is 11.1 Å². The largest absolute Gasteiger partial charge is 0.399 e. The van der Waals surface area contributed by atoms with E-state index in [4.69, 9.17) is 28.9 Å². The van der Waals surface area contributed by atoms with Gasteiger partial charge in [0, 0.05) is 27.8 Å². The lowest BCUT2D eigenvalue weighted by Crippen LogP contribution is -2.23. The Balaban J connectivity index is 1.79. The van der Waals surface area contributed by atoms with Gasteiger partial charge in [-0.15, -0.1) is 0 Å². The summed E-state index contributed by atoms with van der Waals surface area (Å²) in [5.41, 5.74) is 10.5. The summed E-state index contributed by atoms with van der Waals surface area (Å²) in [7, 11) is 0. The molecule has 3 rings (SSSR count). The molecular formula is C17H18Cl2N2. The monoisotopic (exact) mass is 320 g/mol. The Kier molecular flexibility index (Phi) is 4.12. The van der Waals surface area contributed by atoms with E-state index in [0.717, 1.165) is 24.1 Å². The van der Waals surface area contributed by atoms with Crippen LogP contribution in [0.4, 0.5) is 5.69 Å². The van der Waals surface area contributed by atoms with E-state index < -0.39 is 0 Å². The SMILES string of the molecule is CC(NC1CCc2cc(N)ccc21)c1ccc(Cl)cc1Cl. The van der Waals surface area contributed by atoms with Crippen LogP contribution in [0.3, 0.4) is 0 Å². The Morgan fingerprint density at radius 3 is 2.76 bits per heavy atom. The zero-order valence-corrected chi connectivity index (χ0v) is 13.4. The minimum Gasteiger partial charge on any atom is -0.399 e. The van der Waals surface area contributed by atoms with Crippen molar-refractivity contribution in [2.45, 2.75) is 31.8 Å². The van der Waals surface area contributed by atoms with Crippen molar-refractivity contribution >= 4 is 28.9 Å². The number of nitrogens with one attached hydrogen (secondary N) is 1. The van der Waals surface area contributed by atoms with Crippen LogP contribution in [0.25, 0.3) is 0 Å². The number of benzene rings is 2. The van der Waals surface area contributed by atoms with Gasteiger partial charge >= 0.3 is 0 Å². The van der Waals surface area contributed by atoms with E-state index >= 15 is 0 Å². The molecule has 4 heteroatoms. The number of hydrogen-bond acceptors (Lipinski definition) is 2. The molecule has 21 heavy (non-hydrogen) atoms. The molecule has 0 spiro atoms. The minimum atomic E-state index is 0.170. The number of rotatable bonds is 3. The highest BCUT2D eigenvalue weighted by molar-refractivity contribution is 6.35. The molecule has 0 aromatic heterocycles. The molecule has 2 aromatic carbocycles. The fourth-order valence-electron chi connectivity index (χ4n) is 3.05. The molecule has 0 aliphatic heterocycles. The third kappa shape index (κ3) is 3.03. The maximum atomic E-state index is 6.29. The van der Waals surface area contributed by atoms with Gasteiger partial charge in [0.05, 0.1) is 0 Å². The summed E-state index contributed by atoms with van der Waals surface area (Å²) in [6.45, 7) is 2.13. The van der Waals surface area contributed by atoms with Crippen molar-refractivity contribution in [3.8, 4) is 0 Å². The van der Waals surface area contributed by atoms with Gasteiger partial charge in [0.25, 0.3) is 0 Å². The van der Waals surface area contributed by atoms with Gasteiger partial charge in [-0.1, -0.05) is 35.3 Å². The quantitative estimate of drug-likeness (QED) is 0.788. The summed E-state index contributed by atoms with van der Waals surface area (Å²) in [5, 5.41) is 5.03. The molecule has 1 aliphatic carbocycles. The van der Waals surface area contributed by atoms with Crippen LogP contribution in [0, 0.1) is 0 Å². The smallest absolute Gasteiger partial charge is 0.0468 e. The summed E-state index contributed by atoms with van der Waals surface area (Å²) in [5.74, 6) is 0. The lowest BCUT2D eigenvalue weighted by atomic mass is 10.0. The van der Waals surface area contributed by atoms with Crippen molar-refractivity contribution in [3.05, 3.63) is 63.1 Å². The maximum absolute atomic E-state index is 6.29. The van der Waals surface area contributed by atoms with E-state index in [9.17, 15) is 0 Å². The average molecular weight is 321 g/mol. The Hall–Kier alpha value is -1.22. The van der Waals surface area contributed by atoms with Crippen molar-refractivity contribution in [3.63, 3.8) is 0 Å². The van der Waals surface area contributed by atoms with Crippen molar-refractivity contribution < 1.29 is 0 Å². The molecular weight excluding hydrogens is 303 g/mol. The number of fused-ring (bicyclic) bond motifs is 1. The highest BCUT2D eigenvalue weighted by Crippen LogP contribution is 2.35. The van der Waals surface area contributed by atoms with E-state index in [1.54, 1.807) is 6.07 Å². The third-order valence-corrected chi connectivity index (χ3v) is 4.69. The molecule has 0 radical (unpaired) electrons. The predicted octanol–water partition coefficient (Wildman–Crippen LogP) is 4.91. The molecule has 2 aromatic rings. The molecule has 2 atom stereocenters. The first kappa shape index (κ1) is 14.7. The molecule has 0 saturated heterocycles. The molecule has 110 valence electrons. The van der Waals surface area contributed by atoms with Crippen molar-refractivity contribution in [1.29, 1.82) is 0 Å². The zero-order valence-electron chi connectivity index (χ0n) is 11.9. The van der Waals surface area contributed by atoms with Gasteiger partial charge in [-0.2, -0.15) is 0 Å². The van der Waals surface area contributed by atoms with Crippen LogP contribution in [-0.4, -0.2) is 0 Å². The number of aryl methyl sites for hydroxylation is 1. The van der Waals surface area contributed by atoms with Crippen LogP contribution in [0.15, 0.2) is 36.4 Å². The summed E-state index contributed by atoms with van der Waals surface area (Å²) in [6.07, 6.45) is 2.16. The molecule has 2 nitrogen and oxygen atoms in total. The predicted molar refractivity (Wildman–Crippen MR) is 89.9 cm³/mol. The van der Waals surface area contributed by atoms with Crippen LogP contribution in [0.1, 0.15) is 42.1 Å². The van der Waals surface area contributed by atoms with Crippen LogP contribution >= 0.6 is 23.2 Å². The summed E-state index contributed by atoms with van der Waals surface area (Å²) < 4.78 is 0. The van der Waals surface area contributed by atoms with Gasteiger partial charge in [-0.3, -0.25) is 0 Å². The van der Waals surface area contributed by atoms with E-state index in [1.165, 1.54) is 11.1 Å². The van der Waals surface area contributed by atoms with Gasteiger partial charge in [-0.05, 0) is 60.7 Å². The molecule has 3 N–H and O–H groups in total. The number of nitrogen functional groups attached to an aromatic ring is 1. The second kappa shape index (κ2) is 5.88. The lowest BCUT2D eigenvalue weighted by Gasteiger charge is -2.22. The standard InChI is InChI=1S/C17H18Cl2N2/c1-10(14-5-3-12(18)9-16(14)19)21-17-7-2-11-8-13(20)4-6-15(11)17/h3-6,8-10,17,21H,2,7,20H2,1H3. The molecule has 0 saturated carbocycles. The summed E-state index contributed by atoms with van der Waals surface area (Å²) >= 11 is 12.2. The van der Waals surface area contributed by atoms with Crippen molar-refractivity contribution in [2.75, 3.05) is 5.73 Å². The fraction of sp³-hybridized carbons (Fsp3) is 0.294. The molecule has 0 bridgehead atoms. The number of hydrogen-bond donors (Lipinski definition) is 2. The zero-order chi connectivity index (χ0) is 15.0. The second-order valence-corrected chi connectivity index (χ2v) is 6.45. The third-order valence-electron chi connectivity index (χ3n) is 4.12. The number of halogens is 2. The number of nitrogens with two attached hydrogens (primary N) is 1. The minimum absolute atomic E-state index is 0.170. The molecule has 2 unspecified atom stereocenters. The van der Waals surface area contributed by atoms with E-state index in [-0.39, 0.29) is 6.04 Å². The van der Waals surface area contributed by atoms with Crippen LogP contribution in [-0.2, 0) is 6.42 Å². The van der Waals surface area contributed by atoms with Gasteiger partial charge in [0.15, 0.2) is 0 Å². The Morgan fingerprint density at radius 1 is 1.19 bits per heavy atom. The molecule has 0 heterocycles. The van der Waals surface area contributed by atoms with E-state index in [0.29, 0.717) is 16.1 Å². The first-order valence-electron chi connectivity index (χ1n) is 7.14. The Labute approximate surface area is 135 Å². The fourth-order valence-corrected chi connectivity index (χ4v) is 3.63. The average Bonchev–Trinajstić information content (AvgIpc) is 2.80. The van der Waals surface area contributed by atoms with Gasteiger partial charge in [0.1, 0.15) is 0 Å². The second-order valence-electron chi connectivity index (χ2n) is 5.60. The summed E-state index contributed by atoms with van der Waals surface area (Å²) in [4.78, 5) is 0. The Morgan fingerprint density at radius 2 is 2.00 bits per heavy atom. The molecule has 0 fully saturated rings. The van der Waals surface area contributed by atoms with Gasteiger partial charge < -0.3 is 11.1 Å². The molecule has 1 aliphatic rings. The summed E-state index contributed by atoms with van der Waals surface area (Å²) in [6, 6.07) is 12.4. The molecule has 0 amide bonds. The lowest BCUT2D eigenvalue weighted by molar-refractivity contribution is 0.465. The van der Waals surface area contributed by atoms with Gasteiger partial charge in [-0.25, -0.2) is 0 Å². The Bertz CT molecular complexity index is 670. The van der Waals surface area contributed by atoms with E-state index in [2.05, 4.69) is 24.4 Å². The topological polar surface area (TPSA) is 38.0 Å². The van der Waals surface area contributed by atoms with E-state index in [1.807, 2.05) is 18.2 Å². The maximum Gasteiger partial charge on any atom is 0.0468 e. The van der Waals surface area contributed by atoms with Gasteiger partial charge in [0.2, 0.25) is 0 Å². The van der Waals surface area contributed by atoms with Crippen LogP contribution in [0.5, 0.6) is 0 Å².